The van der Waals surface area contributed by atoms with Crippen molar-refractivity contribution in [2.45, 2.75) is 19.4 Å². The van der Waals surface area contributed by atoms with E-state index in [0.29, 0.717) is 10.8 Å². The van der Waals surface area contributed by atoms with Crippen molar-refractivity contribution in [3.05, 3.63) is 60.1 Å². The molecule has 96 valence electrons. The van der Waals surface area contributed by atoms with Crippen LogP contribution in [0.25, 0.3) is 32.6 Å². The smallest absolute Gasteiger partial charge is 0.0629 e. The second-order valence-corrected chi connectivity index (χ2v) is 5.45. The Labute approximate surface area is 123 Å². The molecule has 3 aromatic carbocycles. The molecular weight excluding hydrogens is 242 g/mol. The topological polar surface area (TPSA) is 4.93 Å². The van der Waals surface area contributed by atoms with Gasteiger partial charge in [0.1, 0.15) is 0 Å². The minimum atomic E-state index is -0.157. The molecule has 0 amide bonds. The summed E-state index contributed by atoms with van der Waals surface area (Å²) in [7, 11) is 0. The minimum Gasteiger partial charge on any atom is -0.340 e. The van der Waals surface area contributed by atoms with Crippen molar-refractivity contribution in [1.29, 1.82) is 0 Å². The quantitative estimate of drug-likeness (QED) is 0.424. The Hall–Kier alpha value is -2.28. The predicted molar refractivity (Wildman–Crippen MR) is 85.3 cm³/mol. The summed E-state index contributed by atoms with van der Waals surface area (Å²) in [6.45, 7) is 0.952. The SMILES string of the molecule is [2H]c1c([2H])c([2H])c2c(cc3c4c2c2ccccc2n4CCC3)c1[2H]. The molecule has 1 aromatic heterocycles. The molecule has 0 saturated carbocycles. The van der Waals surface area contributed by atoms with Crippen molar-refractivity contribution >= 4 is 32.6 Å². The summed E-state index contributed by atoms with van der Waals surface area (Å²) in [5.41, 5.74) is 3.47. The number of benzene rings is 3. The summed E-state index contributed by atoms with van der Waals surface area (Å²) < 4.78 is 35.1. The fraction of sp³-hybridized carbons (Fsp3) is 0.158. The van der Waals surface area contributed by atoms with E-state index < -0.39 is 0 Å². The molecule has 0 saturated heterocycles. The third kappa shape index (κ3) is 1.18. The second kappa shape index (κ2) is 3.63. The van der Waals surface area contributed by atoms with Gasteiger partial charge in [0.2, 0.25) is 0 Å². The molecule has 1 aliphatic heterocycles. The van der Waals surface area contributed by atoms with E-state index in [1.54, 1.807) is 0 Å². The third-order valence-corrected chi connectivity index (χ3v) is 4.39. The number of aromatic nitrogens is 1. The molecule has 0 spiro atoms. The van der Waals surface area contributed by atoms with E-state index in [1.807, 2.05) is 18.2 Å². The van der Waals surface area contributed by atoms with Gasteiger partial charge in [-0.3, -0.25) is 0 Å². The summed E-state index contributed by atoms with van der Waals surface area (Å²) in [4.78, 5) is 0. The first kappa shape index (κ1) is 7.49. The molecular formula is C19H15N. The normalized spacial score (nSPS) is 17.2. The zero-order valence-corrected chi connectivity index (χ0v) is 11.0. The van der Waals surface area contributed by atoms with Crippen molar-refractivity contribution in [3.8, 4) is 0 Å². The van der Waals surface area contributed by atoms with E-state index in [2.05, 4.69) is 16.7 Å². The molecule has 2 heterocycles. The average Bonchev–Trinajstić information content (AvgIpc) is 2.95. The molecule has 0 radical (unpaired) electrons. The van der Waals surface area contributed by atoms with Crippen LogP contribution in [-0.4, -0.2) is 4.57 Å². The summed E-state index contributed by atoms with van der Waals surface area (Å²) in [6.07, 6.45) is 2.00. The monoisotopic (exact) mass is 261 g/mol. The molecule has 0 aliphatic carbocycles. The molecule has 0 atom stereocenters. The van der Waals surface area contributed by atoms with Gasteiger partial charge < -0.3 is 4.57 Å². The fourth-order valence-electron chi connectivity index (χ4n) is 3.61. The van der Waals surface area contributed by atoms with Crippen molar-refractivity contribution in [3.63, 3.8) is 0 Å². The van der Waals surface area contributed by atoms with E-state index in [1.165, 1.54) is 5.56 Å². The van der Waals surface area contributed by atoms with Crippen LogP contribution in [0, 0.1) is 0 Å². The number of hydrogen-bond donors (Lipinski definition) is 0. The second-order valence-electron chi connectivity index (χ2n) is 5.45. The van der Waals surface area contributed by atoms with E-state index in [0.717, 1.165) is 41.2 Å². The number of nitrogens with zero attached hydrogens (tertiary/aromatic N) is 1. The number of rotatable bonds is 0. The van der Waals surface area contributed by atoms with Gasteiger partial charge in [0.25, 0.3) is 0 Å². The Morgan fingerprint density at radius 1 is 1.05 bits per heavy atom. The van der Waals surface area contributed by atoms with Crippen molar-refractivity contribution in [2.75, 3.05) is 0 Å². The maximum atomic E-state index is 8.44. The largest absolute Gasteiger partial charge is 0.340 e. The lowest BCUT2D eigenvalue weighted by Crippen LogP contribution is -2.07. The van der Waals surface area contributed by atoms with Crippen LogP contribution >= 0.6 is 0 Å². The highest BCUT2D eigenvalue weighted by molar-refractivity contribution is 6.21. The zero-order chi connectivity index (χ0) is 16.6. The summed E-state index contributed by atoms with van der Waals surface area (Å²) in [5, 5.41) is 3.33. The van der Waals surface area contributed by atoms with Gasteiger partial charge in [-0.15, -0.1) is 0 Å². The van der Waals surface area contributed by atoms with E-state index in [4.69, 9.17) is 5.48 Å². The molecule has 0 fully saturated rings. The highest BCUT2D eigenvalue weighted by atomic mass is 15.0. The minimum absolute atomic E-state index is 0.0611. The molecule has 4 aromatic rings. The first-order valence-electron chi connectivity index (χ1n) is 9.02. The Morgan fingerprint density at radius 2 is 1.95 bits per heavy atom. The number of hydrogen-bond acceptors (Lipinski definition) is 0. The Bertz CT molecular complexity index is 1170. The lowest BCUT2D eigenvalue weighted by atomic mass is 9.97. The average molecular weight is 261 g/mol. The van der Waals surface area contributed by atoms with Gasteiger partial charge in [0, 0.05) is 22.8 Å². The third-order valence-electron chi connectivity index (χ3n) is 4.39. The first-order valence-corrected chi connectivity index (χ1v) is 7.02. The van der Waals surface area contributed by atoms with Crippen LogP contribution in [-0.2, 0) is 13.0 Å². The summed E-state index contributed by atoms with van der Waals surface area (Å²) >= 11 is 0. The molecule has 1 heteroatoms. The maximum Gasteiger partial charge on any atom is 0.0629 e. The van der Waals surface area contributed by atoms with Crippen LogP contribution in [0.5, 0.6) is 0 Å². The van der Waals surface area contributed by atoms with Crippen LogP contribution in [0.3, 0.4) is 0 Å². The summed E-state index contributed by atoms with van der Waals surface area (Å²) in [6, 6.07) is 9.97. The first-order chi connectivity index (χ1) is 11.6. The van der Waals surface area contributed by atoms with Gasteiger partial charge in [0.15, 0.2) is 0 Å². The highest BCUT2D eigenvalue weighted by Crippen LogP contribution is 2.39. The van der Waals surface area contributed by atoms with Crippen LogP contribution < -0.4 is 0 Å². The van der Waals surface area contributed by atoms with E-state index in [-0.39, 0.29) is 24.2 Å². The number of para-hydroxylation sites is 1. The van der Waals surface area contributed by atoms with Gasteiger partial charge in [-0.2, -0.15) is 0 Å². The molecule has 0 N–H and O–H groups in total. The molecule has 5 rings (SSSR count). The van der Waals surface area contributed by atoms with Crippen molar-refractivity contribution in [2.24, 2.45) is 0 Å². The van der Waals surface area contributed by atoms with Crippen LogP contribution in [0.2, 0.25) is 0 Å². The van der Waals surface area contributed by atoms with E-state index >= 15 is 0 Å². The molecule has 1 nitrogen and oxygen atoms in total. The molecule has 0 bridgehead atoms. The fourth-order valence-corrected chi connectivity index (χ4v) is 3.61. The van der Waals surface area contributed by atoms with Crippen molar-refractivity contribution in [1.82, 2.24) is 4.57 Å². The highest BCUT2D eigenvalue weighted by Gasteiger charge is 2.19. The number of aryl methyl sites for hydroxylation is 2. The standard InChI is InChI=1S/C19H15N/c1-2-8-15-13(6-1)12-14-7-5-11-20-17-10-4-3-9-16(17)18(15)19(14)20/h1-4,6,8-10,12H,5,7,11H2/i1D,2D,6D,8D. The van der Waals surface area contributed by atoms with Gasteiger partial charge in [-0.1, -0.05) is 42.4 Å². The van der Waals surface area contributed by atoms with Crippen LogP contribution in [0.4, 0.5) is 0 Å². The Balaban J connectivity index is 2.19. The predicted octanol–water partition coefficient (Wildman–Crippen LogP) is 4.89. The molecule has 20 heavy (non-hydrogen) atoms. The maximum absolute atomic E-state index is 8.44. The van der Waals surface area contributed by atoms with Crippen molar-refractivity contribution < 1.29 is 5.48 Å². The lowest BCUT2D eigenvalue weighted by molar-refractivity contribution is 0.652. The molecule has 1 aliphatic rings. The number of fused-ring (bicyclic) bond motifs is 5. The molecule has 0 unspecified atom stereocenters. The van der Waals surface area contributed by atoms with Gasteiger partial charge in [0.05, 0.1) is 11.0 Å². The van der Waals surface area contributed by atoms with E-state index in [9.17, 15) is 0 Å². The summed E-state index contributed by atoms with van der Waals surface area (Å²) in [5.74, 6) is 0. The zero-order valence-electron chi connectivity index (χ0n) is 15.0. The van der Waals surface area contributed by atoms with Crippen LogP contribution in [0.15, 0.2) is 54.5 Å². The Kier molecular flexibility index (Phi) is 1.36. The van der Waals surface area contributed by atoms with Crippen LogP contribution in [0.1, 0.15) is 17.5 Å². The van der Waals surface area contributed by atoms with Gasteiger partial charge in [-0.25, -0.2) is 0 Å². The lowest BCUT2D eigenvalue weighted by Gasteiger charge is -2.17. The van der Waals surface area contributed by atoms with Gasteiger partial charge in [-0.05, 0) is 41.3 Å². The Morgan fingerprint density at radius 3 is 2.95 bits per heavy atom. The van der Waals surface area contributed by atoms with Gasteiger partial charge >= 0.3 is 0 Å².